The molecule has 2 aromatic rings. The first-order chi connectivity index (χ1) is 9.51. The first kappa shape index (κ1) is 14.0. The van der Waals surface area contributed by atoms with Crippen molar-refractivity contribution in [1.29, 1.82) is 0 Å². The third kappa shape index (κ3) is 2.95. The van der Waals surface area contributed by atoms with E-state index in [0.29, 0.717) is 16.8 Å². The summed E-state index contributed by atoms with van der Waals surface area (Å²) in [5.41, 5.74) is 5.98. The standard InChI is InChI=1S/C15H16FN3O/c1-9-7-11(3-5-14(9)19-17)15(20)18-13-6-4-12(16)8-10(13)2/h3-8,19H,17H2,1-2H3,(H,18,20). The van der Waals surface area contributed by atoms with Gasteiger partial charge in [0.05, 0.1) is 5.69 Å². The van der Waals surface area contributed by atoms with Crippen molar-refractivity contribution in [2.45, 2.75) is 13.8 Å². The van der Waals surface area contributed by atoms with E-state index < -0.39 is 0 Å². The van der Waals surface area contributed by atoms with Crippen molar-refractivity contribution < 1.29 is 9.18 Å². The van der Waals surface area contributed by atoms with Gasteiger partial charge in [0.1, 0.15) is 5.82 Å². The van der Waals surface area contributed by atoms with Crippen molar-refractivity contribution in [3.63, 3.8) is 0 Å². The van der Waals surface area contributed by atoms with Crippen LogP contribution in [0.4, 0.5) is 15.8 Å². The summed E-state index contributed by atoms with van der Waals surface area (Å²) in [5, 5.41) is 2.76. The number of benzene rings is 2. The zero-order valence-corrected chi connectivity index (χ0v) is 11.3. The lowest BCUT2D eigenvalue weighted by atomic mass is 10.1. The Morgan fingerprint density at radius 3 is 2.30 bits per heavy atom. The SMILES string of the molecule is Cc1cc(C(=O)Nc2ccc(F)cc2C)ccc1NN. The number of aryl methyl sites for hydroxylation is 2. The number of nitrogens with one attached hydrogen (secondary N) is 2. The molecular formula is C15H16FN3O. The third-order valence-corrected chi connectivity index (χ3v) is 3.08. The zero-order valence-electron chi connectivity index (χ0n) is 11.3. The van der Waals surface area contributed by atoms with Crippen LogP contribution in [0.15, 0.2) is 36.4 Å². The Hall–Kier alpha value is -2.40. The fraction of sp³-hybridized carbons (Fsp3) is 0.133. The second-order valence-corrected chi connectivity index (χ2v) is 4.59. The summed E-state index contributed by atoms with van der Waals surface area (Å²) >= 11 is 0. The average molecular weight is 273 g/mol. The molecule has 20 heavy (non-hydrogen) atoms. The number of nitrogens with two attached hydrogens (primary N) is 1. The molecule has 0 spiro atoms. The van der Waals surface area contributed by atoms with Crippen LogP contribution in [-0.4, -0.2) is 5.91 Å². The third-order valence-electron chi connectivity index (χ3n) is 3.08. The number of anilines is 2. The maximum absolute atomic E-state index is 13.0. The molecule has 0 saturated heterocycles. The van der Waals surface area contributed by atoms with E-state index in [4.69, 9.17) is 5.84 Å². The van der Waals surface area contributed by atoms with Gasteiger partial charge in [-0.3, -0.25) is 10.6 Å². The minimum atomic E-state index is -0.324. The van der Waals surface area contributed by atoms with Crippen molar-refractivity contribution in [1.82, 2.24) is 0 Å². The predicted molar refractivity (Wildman–Crippen MR) is 78.1 cm³/mol. The molecule has 0 atom stereocenters. The smallest absolute Gasteiger partial charge is 0.255 e. The highest BCUT2D eigenvalue weighted by atomic mass is 19.1. The van der Waals surface area contributed by atoms with Gasteiger partial charge >= 0.3 is 0 Å². The largest absolute Gasteiger partial charge is 0.324 e. The molecule has 4 N–H and O–H groups in total. The molecule has 0 aromatic heterocycles. The Balaban J connectivity index is 2.21. The van der Waals surface area contributed by atoms with Crippen LogP contribution in [0.25, 0.3) is 0 Å². The highest BCUT2D eigenvalue weighted by Gasteiger charge is 2.09. The monoisotopic (exact) mass is 273 g/mol. The lowest BCUT2D eigenvalue weighted by Crippen LogP contribution is -2.14. The second kappa shape index (κ2) is 5.71. The van der Waals surface area contributed by atoms with E-state index in [-0.39, 0.29) is 11.7 Å². The van der Waals surface area contributed by atoms with E-state index in [1.807, 2.05) is 6.92 Å². The Labute approximate surface area is 116 Å². The van der Waals surface area contributed by atoms with Gasteiger partial charge in [0, 0.05) is 11.3 Å². The Morgan fingerprint density at radius 2 is 1.70 bits per heavy atom. The van der Waals surface area contributed by atoms with Gasteiger partial charge in [-0.2, -0.15) is 0 Å². The van der Waals surface area contributed by atoms with Crippen molar-refractivity contribution in [3.05, 3.63) is 58.9 Å². The molecule has 0 heterocycles. The van der Waals surface area contributed by atoms with Crippen molar-refractivity contribution in [2.75, 3.05) is 10.7 Å². The first-order valence-corrected chi connectivity index (χ1v) is 6.16. The van der Waals surface area contributed by atoms with Crippen LogP contribution < -0.4 is 16.6 Å². The molecule has 0 unspecified atom stereocenters. The first-order valence-electron chi connectivity index (χ1n) is 6.16. The number of carbonyl (C=O) groups excluding carboxylic acids is 1. The van der Waals surface area contributed by atoms with E-state index in [2.05, 4.69) is 10.7 Å². The molecule has 0 fully saturated rings. The average Bonchev–Trinajstić information content (AvgIpc) is 2.41. The van der Waals surface area contributed by atoms with Crippen molar-refractivity contribution in [2.24, 2.45) is 5.84 Å². The number of amides is 1. The summed E-state index contributed by atoms with van der Waals surface area (Å²) in [7, 11) is 0. The molecule has 2 rings (SSSR count). The molecule has 0 bridgehead atoms. The van der Waals surface area contributed by atoms with Crippen molar-refractivity contribution in [3.8, 4) is 0 Å². The number of halogens is 1. The minimum absolute atomic E-state index is 0.244. The maximum atomic E-state index is 13.0. The summed E-state index contributed by atoms with van der Waals surface area (Å²) in [6, 6.07) is 9.39. The van der Waals surface area contributed by atoms with Gasteiger partial charge in [0.25, 0.3) is 5.91 Å². The molecule has 0 aliphatic rings. The Kier molecular flexibility index (Phi) is 4.00. The number of hydrogen-bond donors (Lipinski definition) is 3. The molecule has 1 amide bonds. The van der Waals surface area contributed by atoms with Crippen molar-refractivity contribution >= 4 is 17.3 Å². The summed E-state index contributed by atoms with van der Waals surface area (Å²) in [4.78, 5) is 12.1. The zero-order chi connectivity index (χ0) is 14.7. The predicted octanol–water partition coefficient (Wildman–Crippen LogP) is 2.98. The van der Waals surface area contributed by atoms with Gasteiger partial charge in [-0.25, -0.2) is 4.39 Å². The van der Waals surface area contributed by atoms with Crippen LogP contribution in [0.3, 0.4) is 0 Å². The van der Waals surface area contributed by atoms with Gasteiger partial charge in [0.15, 0.2) is 0 Å². The van der Waals surface area contributed by atoms with Crippen LogP contribution in [0.2, 0.25) is 0 Å². The highest BCUT2D eigenvalue weighted by molar-refractivity contribution is 6.05. The van der Waals surface area contributed by atoms with Crippen LogP contribution in [-0.2, 0) is 0 Å². The van der Waals surface area contributed by atoms with E-state index in [1.165, 1.54) is 12.1 Å². The Bertz CT molecular complexity index is 656. The van der Waals surface area contributed by atoms with E-state index in [0.717, 1.165) is 11.3 Å². The van der Waals surface area contributed by atoms with Gasteiger partial charge in [-0.1, -0.05) is 0 Å². The normalized spacial score (nSPS) is 10.2. The van der Waals surface area contributed by atoms with Gasteiger partial charge in [0.2, 0.25) is 0 Å². The van der Waals surface area contributed by atoms with Gasteiger partial charge in [-0.15, -0.1) is 0 Å². The van der Waals surface area contributed by atoms with Gasteiger partial charge in [-0.05, 0) is 61.4 Å². The number of rotatable bonds is 3. The molecule has 0 radical (unpaired) electrons. The molecule has 4 nitrogen and oxygen atoms in total. The lowest BCUT2D eigenvalue weighted by molar-refractivity contribution is 0.102. The summed E-state index contributed by atoms with van der Waals surface area (Å²) in [6.07, 6.45) is 0. The number of carbonyl (C=O) groups is 1. The van der Waals surface area contributed by atoms with Crippen LogP contribution >= 0.6 is 0 Å². The molecule has 5 heteroatoms. The molecule has 0 saturated carbocycles. The summed E-state index contributed by atoms with van der Waals surface area (Å²) < 4.78 is 13.0. The number of hydrogen-bond acceptors (Lipinski definition) is 3. The minimum Gasteiger partial charge on any atom is -0.324 e. The summed E-state index contributed by atoms with van der Waals surface area (Å²) in [5.74, 6) is 4.78. The number of nitrogen functional groups attached to an aromatic ring is 1. The molecular weight excluding hydrogens is 257 g/mol. The van der Waals surface area contributed by atoms with E-state index in [1.54, 1.807) is 31.2 Å². The van der Waals surface area contributed by atoms with Crippen LogP contribution in [0.1, 0.15) is 21.5 Å². The number of hydrazine groups is 1. The molecule has 104 valence electrons. The van der Waals surface area contributed by atoms with E-state index in [9.17, 15) is 9.18 Å². The van der Waals surface area contributed by atoms with E-state index >= 15 is 0 Å². The summed E-state index contributed by atoms with van der Waals surface area (Å²) in [6.45, 7) is 3.60. The highest BCUT2D eigenvalue weighted by Crippen LogP contribution is 2.19. The molecule has 0 aliphatic heterocycles. The topological polar surface area (TPSA) is 67.2 Å². The Morgan fingerprint density at radius 1 is 1.05 bits per heavy atom. The van der Waals surface area contributed by atoms with Crippen LogP contribution in [0, 0.1) is 19.7 Å². The molecule has 0 aliphatic carbocycles. The quantitative estimate of drug-likeness (QED) is 0.595. The lowest BCUT2D eigenvalue weighted by Gasteiger charge is -2.10. The fourth-order valence-electron chi connectivity index (χ4n) is 1.93. The maximum Gasteiger partial charge on any atom is 0.255 e. The fourth-order valence-corrected chi connectivity index (χ4v) is 1.93. The van der Waals surface area contributed by atoms with Crippen LogP contribution in [0.5, 0.6) is 0 Å². The molecule has 2 aromatic carbocycles. The second-order valence-electron chi connectivity index (χ2n) is 4.59. The van der Waals surface area contributed by atoms with Gasteiger partial charge < -0.3 is 10.7 Å².